The highest BCUT2D eigenvalue weighted by Crippen LogP contribution is 2.37. The molecule has 5 nitrogen and oxygen atoms in total. The van der Waals surface area contributed by atoms with Crippen LogP contribution >= 0.6 is 12.4 Å². The second-order valence-corrected chi connectivity index (χ2v) is 7.27. The van der Waals surface area contributed by atoms with Crippen LogP contribution in [0.25, 0.3) is 0 Å². The maximum Gasteiger partial charge on any atom is 0.419 e. The molecule has 2 aromatic rings. The van der Waals surface area contributed by atoms with Gasteiger partial charge in [-0.05, 0) is 61.1 Å². The number of ether oxygens (including phenoxy) is 1. The van der Waals surface area contributed by atoms with Gasteiger partial charge >= 0.3 is 6.18 Å². The van der Waals surface area contributed by atoms with Crippen LogP contribution in [0.3, 0.4) is 0 Å². The Balaban J connectivity index is 0.00000480. The second kappa shape index (κ2) is 11.9. The molecular weight excluding hydrogens is 433 g/mol. The molecule has 0 saturated carbocycles. The highest BCUT2D eigenvalue weighted by atomic mass is 35.5. The van der Waals surface area contributed by atoms with Crippen molar-refractivity contribution in [3.05, 3.63) is 64.7 Å². The third kappa shape index (κ3) is 8.04. The molecule has 9 heteroatoms. The summed E-state index contributed by atoms with van der Waals surface area (Å²) in [6, 6.07) is 12.9. The largest absolute Gasteiger partial charge is 0.493 e. The summed E-state index contributed by atoms with van der Waals surface area (Å²) in [7, 11) is 0. The number of nitriles is 1. The van der Waals surface area contributed by atoms with Gasteiger partial charge in [0.2, 0.25) is 0 Å². The Morgan fingerprint density at radius 1 is 1.00 bits per heavy atom. The van der Waals surface area contributed by atoms with Gasteiger partial charge in [0.25, 0.3) is 0 Å². The van der Waals surface area contributed by atoms with Crippen LogP contribution in [0.2, 0.25) is 0 Å². The number of nitrogens with zero attached hydrogens (tertiary/aromatic N) is 1. The van der Waals surface area contributed by atoms with Crippen LogP contribution in [0.4, 0.5) is 13.2 Å². The Kier molecular flexibility index (Phi) is 10.3. The molecule has 31 heavy (non-hydrogen) atoms. The zero-order chi connectivity index (χ0) is 22.2. The fourth-order valence-corrected chi connectivity index (χ4v) is 2.94. The second-order valence-electron chi connectivity index (χ2n) is 7.27. The summed E-state index contributed by atoms with van der Waals surface area (Å²) in [5, 5.41) is 27.4. The predicted molar refractivity (Wildman–Crippen MR) is 113 cm³/mol. The predicted octanol–water partition coefficient (Wildman–Crippen LogP) is 3.63. The average Bonchev–Trinajstić information content (AvgIpc) is 2.75. The van der Waals surface area contributed by atoms with Crippen molar-refractivity contribution in [3.63, 3.8) is 0 Å². The van der Waals surface area contributed by atoms with E-state index in [4.69, 9.17) is 15.7 Å². The lowest BCUT2D eigenvalue weighted by atomic mass is 9.93. The van der Waals surface area contributed by atoms with E-state index in [2.05, 4.69) is 0 Å². The van der Waals surface area contributed by atoms with Gasteiger partial charge in [0.1, 0.15) is 5.75 Å². The molecule has 0 aromatic heterocycles. The van der Waals surface area contributed by atoms with Crippen LogP contribution in [0.15, 0.2) is 42.5 Å². The van der Waals surface area contributed by atoms with Crippen molar-refractivity contribution in [2.24, 2.45) is 5.73 Å². The summed E-state index contributed by atoms with van der Waals surface area (Å²) >= 11 is 0. The van der Waals surface area contributed by atoms with Gasteiger partial charge in [0.05, 0.1) is 42.6 Å². The van der Waals surface area contributed by atoms with Gasteiger partial charge in [-0.2, -0.15) is 18.4 Å². The quantitative estimate of drug-likeness (QED) is 0.472. The molecule has 0 aliphatic carbocycles. The highest BCUT2D eigenvalue weighted by Gasteiger charge is 2.35. The standard InChI is InChI=1S/C22H25F3N2O3.ClH/c23-22(24,25)19-12-17(8-9-21(27,14-28)15-29)6-7-20(19)30-10-2-5-16-3-1-4-18(11-16)13-26;/h1,3-4,6-7,11-12,28-29H,2,5,8-10,14-15,27H2;1H. The molecule has 2 aromatic carbocycles. The Hall–Kier alpha value is -2.31. The fourth-order valence-electron chi connectivity index (χ4n) is 2.94. The summed E-state index contributed by atoms with van der Waals surface area (Å²) in [6.07, 6.45) is -3.19. The number of aliphatic hydroxyl groups excluding tert-OH is 2. The van der Waals surface area contributed by atoms with Gasteiger partial charge in [0.15, 0.2) is 0 Å². The van der Waals surface area contributed by atoms with Gasteiger partial charge in [0, 0.05) is 0 Å². The van der Waals surface area contributed by atoms with Crippen LogP contribution in [0.1, 0.15) is 35.1 Å². The van der Waals surface area contributed by atoms with Crippen LogP contribution in [0.5, 0.6) is 5.75 Å². The SMILES string of the molecule is Cl.N#Cc1cccc(CCCOc2ccc(CCC(N)(CO)CO)cc2C(F)(F)F)c1. The zero-order valence-corrected chi connectivity index (χ0v) is 17.7. The molecule has 0 bridgehead atoms. The molecule has 2 rings (SSSR count). The molecule has 0 aliphatic heterocycles. The maximum atomic E-state index is 13.5. The van der Waals surface area contributed by atoms with Gasteiger partial charge in [-0.25, -0.2) is 0 Å². The number of benzene rings is 2. The lowest BCUT2D eigenvalue weighted by Crippen LogP contribution is -2.47. The summed E-state index contributed by atoms with van der Waals surface area (Å²) in [5.41, 5.74) is 5.51. The Morgan fingerprint density at radius 2 is 1.68 bits per heavy atom. The van der Waals surface area contributed by atoms with Gasteiger partial charge in [-0.3, -0.25) is 0 Å². The maximum absolute atomic E-state index is 13.5. The first-order chi connectivity index (χ1) is 14.2. The Labute approximate surface area is 185 Å². The highest BCUT2D eigenvalue weighted by molar-refractivity contribution is 5.85. The van der Waals surface area contributed by atoms with E-state index in [1.807, 2.05) is 12.1 Å². The minimum absolute atomic E-state index is 0. The van der Waals surface area contributed by atoms with E-state index in [9.17, 15) is 23.4 Å². The molecule has 0 heterocycles. The van der Waals surface area contributed by atoms with Crippen molar-refractivity contribution < 1.29 is 28.1 Å². The third-order valence-corrected chi connectivity index (χ3v) is 4.81. The molecular formula is C22H26ClF3N2O3. The molecule has 0 amide bonds. The number of aryl methyl sites for hydroxylation is 2. The molecule has 0 unspecified atom stereocenters. The summed E-state index contributed by atoms with van der Waals surface area (Å²) in [6.45, 7) is -0.831. The first kappa shape index (κ1) is 26.7. The van der Waals surface area contributed by atoms with Gasteiger partial charge in [-0.15, -0.1) is 12.4 Å². The number of nitrogens with two attached hydrogens (primary N) is 1. The monoisotopic (exact) mass is 458 g/mol. The molecule has 0 saturated heterocycles. The van der Waals surface area contributed by atoms with Crippen molar-refractivity contribution in [2.75, 3.05) is 19.8 Å². The first-order valence-electron chi connectivity index (χ1n) is 9.53. The van der Waals surface area contributed by atoms with E-state index in [1.165, 1.54) is 12.1 Å². The zero-order valence-electron chi connectivity index (χ0n) is 16.9. The minimum atomic E-state index is -4.58. The third-order valence-electron chi connectivity index (χ3n) is 4.81. The molecule has 0 fully saturated rings. The van der Waals surface area contributed by atoms with Crippen molar-refractivity contribution in [2.45, 2.75) is 37.4 Å². The number of hydrogen-bond donors (Lipinski definition) is 3. The van der Waals surface area contributed by atoms with Crippen molar-refractivity contribution >= 4 is 12.4 Å². The molecule has 4 N–H and O–H groups in total. The Bertz CT molecular complexity index is 881. The molecule has 0 atom stereocenters. The molecule has 170 valence electrons. The first-order valence-corrected chi connectivity index (χ1v) is 9.53. The van der Waals surface area contributed by atoms with Gasteiger partial charge < -0.3 is 20.7 Å². The van der Waals surface area contributed by atoms with Crippen molar-refractivity contribution in [1.29, 1.82) is 5.26 Å². The van der Waals surface area contributed by atoms with Crippen LogP contribution < -0.4 is 10.5 Å². The molecule has 0 aliphatic rings. The lowest BCUT2D eigenvalue weighted by molar-refractivity contribution is -0.139. The fraction of sp³-hybridized carbons (Fsp3) is 0.409. The van der Waals surface area contributed by atoms with Crippen molar-refractivity contribution in [1.82, 2.24) is 0 Å². The molecule has 0 radical (unpaired) electrons. The van der Waals surface area contributed by atoms with E-state index >= 15 is 0 Å². The number of aliphatic hydroxyl groups is 2. The topological polar surface area (TPSA) is 99.5 Å². The smallest absolute Gasteiger partial charge is 0.419 e. The number of halogens is 4. The van der Waals surface area contributed by atoms with Crippen LogP contribution in [0, 0.1) is 11.3 Å². The van der Waals surface area contributed by atoms with E-state index in [-0.39, 0.29) is 37.6 Å². The minimum Gasteiger partial charge on any atom is -0.493 e. The van der Waals surface area contributed by atoms with Crippen LogP contribution in [-0.4, -0.2) is 35.6 Å². The lowest BCUT2D eigenvalue weighted by Gasteiger charge is -2.24. The summed E-state index contributed by atoms with van der Waals surface area (Å²) in [4.78, 5) is 0. The number of rotatable bonds is 10. The van der Waals surface area contributed by atoms with E-state index < -0.39 is 30.5 Å². The average molecular weight is 459 g/mol. The summed E-state index contributed by atoms with van der Waals surface area (Å²) in [5.74, 6) is -0.250. The Morgan fingerprint density at radius 3 is 2.29 bits per heavy atom. The van der Waals surface area contributed by atoms with Gasteiger partial charge in [-0.1, -0.05) is 18.2 Å². The number of alkyl halides is 3. The normalized spacial score (nSPS) is 11.5. The molecule has 0 spiro atoms. The van der Waals surface area contributed by atoms with Crippen LogP contribution in [-0.2, 0) is 19.0 Å². The van der Waals surface area contributed by atoms with Crippen molar-refractivity contribution in [3.8, 4) is 11.8 Å². The van der Waals surface area contributed by atoms with E-state index in [0.717, 1.165) is 11.6 Å². The number of hydrogen-bond acceptors (Lipinski definition) is 5. The summed E-state index contributed by atoms with van der Waals surface area (Å²) < 4.78 is 45.8. The van der Waals surface area contributed by atoms with E-state index in [1.54, 1.807) is 18.2 Å². The van der Waals surface area contributed by atoms with E-state index in [0.29, 0.717) is 24.0 Å².